The monoisotopic (exact) mass is 415 g/mol. The smallest absolute Gasteiger partial charge is 0.231 e. The highest BCUT2D eigenvalue weighted by molar-refractivity contribution is 6.42. The second-order valence-corrected chi connectivity index (χ2v) is 7.53. The molecule has 3 aromatic rings. The molecule has 2 aromatic carbocycles. The number of nitrogens with one attached hydrogen (secondary N) is 1. The number of fused-ring (bicyclic) bond motifs is 2. The van der Waals surface area contributed by atoms with Crippen molar-refractivity contribution in [3.63, 3.8) is 0 Å². The molecule has 1 amide bonds. The zero-order valence-corrected chi connectivity index (χ0v) is 16.1. The first-order valence-electron chi connectivity index (χ1n) is 8.78. The van der Waals surface area contributed by atoms with Gasteiger partial charge in [0.2, 0.25) is 12.7 Å². The second kappa shape index (κ2) is 6.72. The van der Waals surface area contributed by atoms with Crippen molar-refractivity contribution >= 4 is 34.9 Å². The number of hydrogen-bond donors (Lipinski definition) is 1. The number of carbonyl (C=O) groups excluding carboxylic acids is 1. The van der Waals surface area contributed by atoms with E-state index in [9.17, 15) is 4.79 Å². The van der Waals surface area contributed by atoms with E-state index < -0.39 is 0 Å². The Bertz CT molecular complexity index is 1100. The number of ether oxygens (including phenoxy) is 2. The molecule has 8 heteroatoms. The molecule has 0 fully saturated rings. The Labute approximate surface area is 171 Å². The van der Waals surface area contributed by atoms with Gasteiger partial charge in [-0.2, -0.15) is 5.10 Å². The molecule has 1 N–H and O–H groups in total. The number of hydrogen-bond acceptors (Lipinski definition) is 4. The van der Waals surface area contributed by atoms with E-state index in [0.29, 0.717) is 34.6 Å². The van der Waals surface area contributed by atoms with Gasteiger partial charge in [0.05, 0.1) is 22.8 Å². The van der Waals surface area contributed by atoms with Gasteiger partial charge in [-0.3, -0.25) is 4.79 Å². The van der Waals surface area contributed by atoms with Crippen LogP contribution < -0.4 is 14.8 Å². The maximum atomic E-state index is 12.4. The quantitative estimate of drug-likeness (QED) is 0.686. The van der Waals surface area contributed by atoms with Gasteiger partial charge < -0.3 is 14.8 Å². The lowest BCUT2D eigenvalue weighted by atomic mass is 9.87. The molecule has 0 saturated carbocycles. The summed E-state index contributed by atoms with van der Waals surface area (Å²) in [6, 6.07) is 11.2. The van der Waals surface area contributed by atoms with Crippen LogP contribution in [0.2, 0.25) is 10.0 Å². The van der Waals surface area contributed by atoms with Crippen molar-refractivity contribution in [2.75, 3.05) is 12.1 Å². The number of benzene rings is 2. The molecular weight excluding hydrogens is 401 g/mol. The lowest BCUT2D eigenvalue weighted by Crippen LogP contribution is -2.25. The molecule has 2 aliphatic rings. The Morgan fingerprint density at radius 1 is 1.14 bits per heavy atom. The first-order chi connectivity index (χ1) is 13.6. The lowest BCUT2D eigenvalue weighted by molar-refractivity contribution is -0.116. The highest BCUT2D eigenvalue weighted by Gasteiger charge is 2.31. The van der Waals surface area contributed by atoms with Crippen LogP contribution in [0.25, 0.3) is 0 Å². The Hall–Kier alpha value is -2.70. The molecule has 5 rings (SSSR count). The number of halogens is 2. The predicted octanol–water partition coefficient (Wildman–Crippen LogP) is 4.44. The van der Waals surface area contributed by atoms with Crippen LogP contribution in [0.3, 0.4) is 0 Å². The summed E-state index contributed by atoms with van der Waals surface area (Å²) in [5.41, 5.74) is 2.74. The van der Waals surface area contributed by atoms with Gasteiger partial charge in [-0.1, -0.05) is 41.4 Å². The minimum atomic E-state index is -0.194. The van der Waals surface area contributed by atoms with E-state index in [1.165, 1.54) is 0 Å². The molecule has 0 saturated heterocycles. The maximum Gasteiger partial charge on any atom is 0.231 e. The summed E-state index contributed by atoms with van der Waals surface area (Å²) in [7, 11) is 0. The van der Waals surface area contributed by atoms with E-state index >= 15 is 0 Å². The molecule has 142 valence electrons. The molecular formula is C20H15Cl2N3O3. The molecule has 0 unspecified atom stereocenters. The van der Waals surface area contributed by atoms with E-state index in [2.05, 4.69) is 10.4 Å². The van der Waals surface area contributed by atoms with Gasteiger partial charge in [0, 0.05) is 17.9 Å². The van der Waals surface area contributed by atoms with Crippen molar-refractivity contribution in [3.8, 4) is 11.5 Å². The van der Waals surface area contributed by atoms with Crippen molar-refractivity contribution in [3.05, 3.63) is 69.3 Å². The minimum Gasteiger partial charge on any atom is -0.454 e. The van der Waals surface area contributed by atoms with Gasteiger partial charge in [-0.15, -0.1) is 0 Å². The van der Waals surface area contributed by atoms with Crippen LogP contribution >= 0.6 is 23.2 Å². The Morgan fingerprint density at radius 2 is 2.00 bits per heavy atom. The maximum absolute atomic E-state index is 12.4. The third-order valence-electron chi connectivity index (χ3n) is 5.02. The number of anilines is 1. The SMILES string of the molecule is O=C1C[C@H](c2cccc(Cl)c2Cl)c2cnn(Cc3ccc4c(c3)OCO4)c2N1. The van der Waals surface area contributed by atoms with Crippen LogP contribution in [0.1, 0.15) is 29.0 Å². The summed E-state index contributed by atoms with van der Waals surface area (Å²) in [6.45, 7) is 0.719. The average molecular weight is 416 g/mol. The minimum absolute atomic E-state index is 0.0824. The Morgan fingerprint density at radius 3 is 2.89 bits per heavy atom. The third kappa shape index (κ3) is 2.89. The van der Waals surface area contributed by atoms with Crippen LogP contribution in [-0.2, 0) is 11.3 Å². The van der Waals surface area contributed by atoms with Crippen molar-refractivity contribution in [2.24, 2.45) is 0 Å². The summed E-state index contributed by atoms with van der Waals surface area (Å²) in [5, 5.41) is 8.39. The van der Waals surface area contributed by atoms with E-state index in [4.69, 9.17) is 32.7 Å². The zero-order chi connectivity index (χ0) is 19.3. The Kier molecular flexibility index (Phi) is 4.18. The normalized spacial score (nSPS) is 17.4. The van der Waals surface area contributed by atoms with Gasteiger partial charge in [-0.05, 0) is 29.3 Å². The molecule has 28 heavy (non-hydrogen) atoms. The second-order valence-electron chi connectivity index (χ2n) is 6.74. The van der Waals surface area contributed by atoms with Gasteiger partial charge in [0.15, 0.2) is 11.5 Å². The van der Waals surface area contributed by atoms with Crippen LogP contribution in [0, 0.1) is 0 Å². The lowest BCUT2D eigenvalue weighted by Gasteiger charge is -2.24. The summed E-state index contributed by atoms with van der Waals surface area (Å²) >= 11 is 12.6. The van der Waals surface area contributed by atoms with Gasteiger partial charge >= 0.3 is 0 Å². The molecule has 3 heterocycles. The van der Waals surface area contributed by atoms with Gasteiger partial charge in [0.1, 0.15) is 5.82 Å². The number of amides is 1. The largest absolute Gasteiger partial charge is 0.454 e. The number of rotatable bonds is 3. The van der Waals surface area contributed by atoms with Gasteiger partial charge in [-0.25, -0.2) is 4.68 Å². The molecule has 2 aliphatic heterocycles. The standard InChI is InChI=1S/C20H15Cl2N3O3/c21-15-3-1-2-12(19(15)22)13-7-18(26)24-20-14(13)8-23-25(20)9-11-4-5-16-17(6-11)28-10-27-16/h1-6,8,13H,7,9-10H2,(H,24,26)/t13-/m1/s1. The van der Waals surface area contributed by atoms with Crippen molar-refractivity contribution in [1.29, 1.82) is 0 Å². The van der Waals surface area contributed by atoms with Crippen LogP contribution in [-0.4, -0.2) is 22.5 Å². The van der Waals surface area contributed by atoms with Crippen LogP contribution in [0.15, 0.2) is 42.6 Å². The molecule has 0 radical (unpaired) electrons. The number of carbonyl (C=O) groups is 1. The van der Waals surface area contributed by atoms with Crippen molar-refractivity contribution in [2.45, 2.75) is 18.9 Å². The molecule has 1 aromatic heterocycles. The molecule has 1 atom stereocenters. The zero-order valence-electron chi connectivity index (χ0n) is 14.6. The molecule has 0 aliphatic carbocycles. The first kappa shape index (κ1) is 17.4. The molecule has 6 nitrogen and oxygen atoms in total. The molecule has 0 bridgehead atoms. The van der Waals surface area contributed by atoms with E-state index in [0.717, 1.165) is 22.4 Å². The van der Waals surface area contributed by atoms with Crippen molar-refractivity contribution < 1.29 is 14.3 Å². The summed E-state index contributed by atoms with van der Waals surface area (Å²) in [5.74, 6) is 1.85. The van der Waals surface area contributed by atoms with Crippen molar-refractivity contribution in [1.82, 2.24) is 9.78 Å². The number of nitrogens with zero attached hydrogens (tertiary/aromatic N) is 2. The van der Waals surface area contributed by atoms with Crippen LogP contribution in [0.5, 0.6) is 11.5 Å². The summed E-state index contributed by atoms with van der Waals surface area (Å²) in [6.07, 6.45) is 2.08. The Balaban J connectivity index is 1.51. The first-order valence-corrected chi connectivity index (χ1v) is 9.54. The average Bonchev–Trinajstić information content (AvgIpc) is 3.30. The van der Waals surface area contributed by atoms with Crippen LogP contribution in [0.4, 0.5) is 5.82 Å². The fourth-order valence-electron chi connectivity index (χ4n) is 3.67. The number of aromatic nitrogens is 2. The predicted molar refractivity (Wildman–Crippen MR) is 105 cm³/mol. The summed E-state index contributed by atoms with van der Waals surface area (Å²) in [4.78, 5) is 12.4. The van der Waals surface area contributed by atoms with E-state index in [1.807, 2.05) is 30.3 Å². The fraction of sp³-hybridized carbons (Fsp3) is 0.200. The van der Waals surface area contributed by atoms with E-state index in [-0.39, 0.29) is 18.6 Å². The molecule has 0 spiro atoms. The third-order valence-corrected chi connectivity index (χ3v) is 5.85. The fourth-order valence-corrected chi connectivity index (χ4v) is 4.11. The topological polar surface area (TPSA) is 65.4 Å². The van der Waals surface area contributed by atoms with E-state index in [1.54, 1.807) is 16.9 Å². The summed E-state index contributed by atoms with van der Waals surface area (Å²) < 4.78 is 12.6. The highest BCUT2D eigenvalue weighted by Crippen LogP contribution is 2.42. The highest BCUT2D eigenvalue weighted by atomic mass is 35.5. The van der Waals surface area contributed by atoms with Gasteiger partial charge in [0.25, 0.3) is 0 Å².